The molecule has 1 heterocycles. The van der Waals surface area contributed by atoms with Gasteiger partial charge in [-0.2, -0.15) is 18.3 Å². The number of alkyl halides is 3. The molecule has 0 spiro atoms. The number of esters is 1. The molecule has 0 aliphatic heterocycles. The van der Waals surface area contributed by atoms with Crippen molar-refractivity contribution in [3.05, 3.63) is 41.7 Å². The van der Waals surface area contributed by atoms with E-state index in [1.165, 1.54) is 6.20 Å². The second-order valence-electron chi connectivity index (χ2n) is 3.61. The minimum absolute atomic E-state index is 0.0213. The molecule has 5 nitrogen and oxygen atoms in total. The maximum atomic E-state index is 12.3. The van der Waals surface area contributed by atoms with Gasteiger partial charge < -0.3 is 10.5 Å². The Morgan fingerprint density at radius 3 is 2.37 bits per heavy atom. The highest BCUT2D eigenvalue weighted by Gasteiger charge is 2.30. The molecule has 0 saturated heterocycles. The molecule has 0 aliphatic rings. The van der Waals surface area contributed by atoms with Gasteiger partial charge in [-0.05, 0) is 24.3 Å². The number of carbonyl (C=O) groups is 1. The lowest BCUT2D eigenvalue weighted by Crippen LogP contribution is -2.11. The van der Waals surface area contributed by atoms with Crippen LogP contribution in [0.1, 0.15) is 16.1 Å². The number of halogens is 3. The highest BCUT2D eigenvalue weighted by molar-refractivity contribution is 5.94. The summed E-state index contributed by atoms with van der Waals surface area (Å²) >= 11 is 0. The summed E-state index contributed by atoms with van der Waals surface area (Å²) in [6, 6.07) is 3.73. The van der Waals surface area contributed by atoms with Crippen molar-refractivity contribution in [1.29, 1.82) is 0 Å². The van der Waals surface area contributed by atoms with Gasteiger partial charge in [0, 0.05) is 0 Å². The van der Waals surface area contributed by atoms with Crippen LogP contribution in [0.3, 0.4) is 0 Å². The van der Waals surface area contributed by atoms with E-state index in [0.717, 1.165) is 24.3 Å². The van der Waals surface area contributed by atoms with E-state index in [1.54, 1.807) is 0 Å². The third-order valence-electron chi connectivity index (χ3n) is 2.26. The first kappa shape index (κ1) is 12.9. The minimum atomic E-state index is -4.43. The van der Waals surface area contributed by atoms with Crippen LogP contribution in [-0.4, -0.2) is 16.2 Å². The van der Waals surface area contributed by atoms with Gasteiger partial charge in [-0.1, -0.05) is 0 Å². The van der Waals surface area contributed by atoms with E-state index >= 15 is 0 Å². The molecule has 0 radical (unpaired) electrons. The number of rotatable bonds is 2. The molecule has 0 bridgehead atoms. The lowest BCUT2D eigenvalue weighted by molar-refractivity contribution is -0.137. The van der Waals surface area contributed by atoms with Gasteiger partial charge in [0.1, 0.15) is 5.75 Å². The average Bonchev–Trinajstić information content (AvgIpc) is 2.75. The third kappa shape index (κ3) is 2.84. The van der Waals surface area contributed by atoms with Gasteiger partial charge in [0.2, 0.25) is 0 Å². The molecule has 0 saturated carbocycles. The molecule has 100 valence electrons. The maximum Gasteiger partial charge on any atom is 0.416 e. The Hall–Kier alpha value is -2.51. The highest BCUT2D eigenvalue weighted by atomic mass is 19.4. The van der Waals surface area contributed by atoms with Gasteiger partial charge in [0.15, 0.2) is 5.69 Å². The largest absolute Gasteiger partial charge is 0.422 e. The normalized spacial score (nSPS) is 11.3. The number of carbonyl (C=O) groups excluding carboxylic acids is 1. The summed E-state index contributed by atoms with van der Waals surface area (Å²) in [5, 5.41) is 5.86. The minimum Gasteiger partial charge on any atom is -0.422 e. The summed E-state index contributed by atoms with van der Waals surface area (Å²) < 4.78 is 41.8. The number of aromatic amines is 1. The van der Waals surface area contributed by atoms with Crippen LogP contribution in [0.15, 0.2) is 30.5 Å². The number of hydrogen-bond acceptors (Lipinski definition) is 4. The van der Waals surface area contributed by atoms with Gasteiger partial charge in [-0.3, -0.25) is 5.10 Å². The molecular weight excluding hydrogens is 263 g/mol. The molecule has 1 aromatic heterocycles. The average molecular weight is 271 g/mol. The van der Waals surface area contributed by atoms with E-state index in [4.69, 9.17) is 10.5 Å². The van der Waals surface area contributed by atoms with E-state index < -0.39 is 17.7 Å². The summed E-state index contributed by atoms with van der Waals surface area (Å²) in [6.07, 6.45) is -3.21. The van der Waals surface area contributed by atoms with Crippen LogP contribution in [0.5, 0.6) is 5.75 Å². The molecular formula is C11H8F3N3O2. The van der Waals surface area contributed by atoms with Crippen molar-refractivity contribution in [3.8, 4) is 5.75 Å². The number of nitrogens with zero attached hydrogens (tertiary/aromatic N) is 1. The molecule has 3 N–H and O–H groups in total. The Morgan fingerprint density at radius 2 is 1.89 bits per heavy atom. The first-order chi connectivity index (χ1) is 8.88. The number of nitrogens with two attached hydrogens (primary N) is 1. The van der Waals surface area contributed by atoms with Gasteiger partial charge in [0.25, 0.3) is 0 Å². The number of benzene rings is 1. The first-order valence-corrected chi connectivity index (χ1v) is 5.06. The van der Waals surface area contributed by atoms with E-state index in [2.05, 4.69) is 10.2 Å². The van der Waals surface area contributed by atoms with Crippen molar-refractivity contribution >= 4 is 11.7 Å². The fourth-order valence-corrected chi connectivity index (χ4v) is 1.33. The lowest BCUT2D eigenvalue weighted by atomic mass is 10.2. The standard InChI is InChI=1S/C11H8F3N3O2/c12-11(13,14)6-1-3-7(4-2-6)19-10(18)9-8(15)5-16-17-9/h1-5H,15H2,(H,16,17). The van der Waals surface area contributed by atoms with Crippen LogP contribution in [0.2, 0.25) is 0 Å². The number of anilines is 1. The number of H-pyrrole nitrogens is 1. The smallest absolute Gasteiger partial charge is 0.416 e. The van der Waals surface area contributed by atoms with Crippen LogP contribution >= 0.6 is 0 Å². The first-order valence-electron chi connectivity index (χ1n) is 5.06. The number of ether oxygens (including phenoxy) is 1. The molecule has 0 unspecified atom stereocenters. The molecule has 1 aromatic carbocycles. The molecule has 19 heavy (non-hydrogen) atoms. The molecule has 2 aromatic rings. The van der Waals surface area contributed by atoms with Crippen molar-refractivity contribution in [2.24, 2.45) is 0 Å². The number of nitrogen functional groups attached to an aromatic ring is 1. The Labute approximate surface area is 105 Å². The van der Waals surface area contributed by atoms with Crippen molar-refractivity contribution in [3.63, 3.8) is 0 Å². The second kappa shape index (κ2) is 4.63. The number of aromatic nitrogens is 2. The summed E-state index contributed by atoms with van der Waals surface area (Å²) in [6.45, 7) is 0. The Morgan fingerprint density at radius 1 is 1.26 bits per heavy atom. The Balaban J connectivity index is 2.12. The van der Waals surface area contributed by atoms with Gasteiger partial charge in [-0.15, -0.1) is 0 Å². The molecule has 2 rings (SSSR count). The number of nitrogens with one attached hydrogen (secondary N) is 1. The zero-order valence-corrected chi connectivity index (χ0v) is 9.36. The van der Waals surface area contributed by atoms with Crippen molar-refractivity contribution in [1.82, 2.24) is 10.2 Å². The Bertz CT molecular complexity index is 590. The summed E-state index contributed by atoms with van der Waals surface area (Å²) in [4.78, 5) is 11.6. The van der Waals surface area contributed by atoms with Crippen LogP contribution < -0.4 is 10.5 Å². The summed E-state index contributed by atoms with van der Waals surface area (Å²) in [5.74, 6) is -0.846. The predicted molar refractivity (Wildman–Crippen MR) is 59.4 cm³/mol. The second-order valence-corrected chi connectivity index (χ2v) is 3.61. The van der Waals surface area contributed by atoms with Crippen LogP contribution in [0.25, 0.3) is 0 Å². The summed E-state index contributed by atoms with van der Waals surface area (Å²) in [7, 11) is 0. The zero-order chi connectivity index (χ0) is 14.0. The SMILES string of the molecule is Nc1cn[nH]c1C(=O)Oc1ccc(C(F)(F)F)cc1. The molecule has 8 heteroatoms. The lowest BCUT2D eigenvalue weighted by Gasteiger charge is -2.07. The monoisotopic (exact) mass is 271 g/mol. The fourth-order valence-electron chi connectivity index (χ4n) is 1.33. The van der Waals surface area contributed by atoms with Gasteiger partial charge >= 0.3 is 12.1 Å². The predicted octanol–water partition coefficient (Wildman–Crippen LogP) is 2.23. The van der Waals surface area contributed by atoms with E-state index in [-0.39, 0.29) is 17.1 Å². The van der Waals surface area contributed by atoms with Crippen molar-refractivity contribution in [2.45, 2.75) is 6.18 Å². The quantitative estimate of drug-likeness (QED) is 0.648. The zero-order valence-electron chi connectivity index (χ0n) is 9.36. The third-order valence-corrected chi connectivity index (χ3v) is 2.26. The van der Waals surface area contributed by atoms with Gasteiger partial charge in [0.05, 0.1) is 17.4 Å². The highest BCUT2D eigenvalue weighted by Crippen LogP contribution is 2.30. The molecule has 0 amide bonds. The van der Waals surface area contributed by atoms with Gasteiger partial charge in [-0.25, -0.2) is 4.79 Å². The molecule has 0 aliphatic carbocycles. The van der Waals surface area contributed by atoms with E-state index in [0.29, 0.717) is 0 Å². The number of hydrogen-bond donors (Lipinski definition) is 2. The summed E-state index contributed by atoms with van der Waals surface area (Å²) in [5.41, 5.74) is 4.65. The fraction of sp³-hybridized carbons (Fsp3) is 0.0909. The van der Waals surface area contributed by atoms with Crippen LogP contribution in [-0.2, 0) is 6.18 Å². The Kier molecular flexibility index (Phi) is 3.16. The van der Waals surface area contributed by atoms with Crippen LogP contribution in [0.4, 0.5) is 18.9 Å². The van der Waals surface area contributed by atoms with Crippen molar-refractivity contribution < 1.29 is 22.7 Å². The van der Waals surface area contributed by atoms with E-state index in [1.807, 2.05) is 0 Å². The van der Waals surface area contributed by atoms with Crippen molar-refractivity contribution in [2.75, 3.05) is 5.73 Å². The molecule has 0 fully saturated rings. The molecule has 0 atom stereocenters. The van der Waals surface area contributed by atoms with E-state index in [9.17, 15) is 18.0 Å². The van der Waals surface area contributed by atoms with Crippen LogP contribution in [0, 0.1) is 0 Å². The maximum absolute atomic E-state index is 12.3. The topological polar surface area (TPSA) is 81.0 Å².